The van der Waals surface area contributed by atoms with Gasteiger partial charge in [-0.15, -0.1) is 0 Å². The summed E-state index contributed by atoms with van der Waals surface area (Å²) in [6, 6.07) is 13.6. The molecule has 4 heteroatoms. The van der Waals surface area contributed by atoms with E-state index in [1.54, 1.807) is 7.11 Å². The number of rotatable bonds is 4. The van der Waals surface area contributed by atoms with Gasteiger partial charge in [-0.1, -0.05) is 6.07 Å². The standard InChI is InChI=1S/C15H19N3O/c1-3-18(11-5-4-6-13(9-11)19-2)12-7-8-14(16)15(17)10-12/h4-10H,3,16-17H2,1-2H3. The highest BCUT2D eigenvalue weighted by Crippen LogP contribution is 2.30. The van der Waals surface area contributed by atoms with Crippen LogP contribution < -0.4 is 21.1 Å². The van der Waals surface area contributed by atoms with E-state index in [4.69, 9.17) is 16.2 Å². The Bertz CT molecular complexity index is 569. The summed E-state index contributed by atoms with van der Waals surface area (Å²) in [6.07, 6.45) is 0. The molecule has 0 aliphatic rings. The maximum Gasteiger partial charge on any atom is 0.120 e. The lowest BCUT2D eigenvalue weighted by molar-refractivity contribution is 0.415. The van der Waals surface area contributed by atoms with Crippen LogP contribution in [0.1, 0.15) is 6.92 Å². The molecule has 2 aromatic rings. The van der Waals surface area contributed by atoms with E-state index in [1.165, 1.54) is 0 Å². The van der Waals surface area contributed by atoms with Gasteiger partial charge in [-0.25, -0.2) is 0 Å². The molecule has 0 aromatic heterocycles. The number of hydrogen-bond donors (Lipinski definition) is 2. The van der Waals surface area contributed by atoms with Crippen molar-refractivity contribution < 1.29 is 4.74 Å². The van der Waals surface area contributed by atoms with E-state index in [9.17, 15) is 0 Å². The van der Waals surface area contributed by atoms with Crippen LogP contribution in [0.15, 0.2) is 42.5 Å². The zero-order valence-corrected chi connectivity index (χ0v) is 11.3. The van der Waals surface area contributed by atoms with Crippen LogP contribution in [0.25, 0.3) is 0 Å². The summed E-state index contributed by atoms with van der Waals surface area (Å²) in [4.78, 5) is 2.15. The number of anilines is 4. The van der Waals surface area contributed by atoms with Gasteiger partial charge in [-0.3, -0.25) is 0 Å². The lowest BCUT2D eigenvalue weighted by atomic mass is 10.2. The largest absolute Gasteiger partial charge is 0.497 e. The Hall–Kier alpha value is -2.36. The first kappa shape index (κ1) is 13.1. The van der Waals surface area contributed by atoms with E-state index in [-0.39, 0.29) is 0 Å². The fourth-order valence-corrected chi connectivity index (χ4v) is 2.02. The summed E-state index contributed by atoms with van der Waals surface area (Å²) in [5, 5.41) is 0. The van der Waals surface area contributed by atoms with E-state index >= 15 is 0 Å². The van der Waals surface area contributed by atoms with Crippen LogP contribution in [-0.4, -0.2) is 13.7 Å². The van der Waals surface area contributed by atoms with Crippen LogP contribution in [0.5, 0.6) is 5.75 Å². The Morgan fingerprint density at radius 2 is 1.74 bits per heavy atom. The molecule has 0 bridgehead atoms. The van der Waals surface area contributed by atoms with Crippen molar-refractivity contribution in [3.05, 3.63) is 42.5 Å². The summed E-state index contributed by atoms with van der Waals surface area (Å²) in [6.45, 7) is 2.92. The Morgan fingerprint density at radius 1 is 1.00 bits per heavy atom. The minimum Gasteiger partial charge on any atom is -0.497 e. The molecule has 100 valence electrons. The molecule has 4 nitrogen and oxygen atoms in total. The maximum atomic E-state index is 5.87. The van der Waals surface area contributed by atoms with Gasteiger partial charge in [0.05, 0.1) is 18.5 Å². The molecule has 0 spiro atoms. The maximum absolute atomic E-state index is 5.87. The van der Waals surface area contributed by atoms with Gasteiger partial charge in [0.15, 0.2) is 0 Å². The third-order valence-electron chi connectivity index (χ3n) is 3.06. The molecule has 0 radical (unpaired) electrons. The topological polar surface area (TPSA) is 64.5 Å². The highest BCUT2D eigenvalue weighted by Gasteiger charge is 2.09. The molecule has 19 heavy (non-hydrogen) atoms. The predicted molar refractivity (Wildman–Crippen MR) is 80.9 cm³/mol. The first-order chi connectivity index (χ1) is 9.15. The first-order valence-corrected chi connectivity index (χ1v) is 6.22. The van der Waals surface area contributed by atoms with Crippen LogP contribution in [0.4, 0.5) is 22.7 Å². The average molecular weight is 257 g/mol. The minimum atomic E-state index is 0.596. The highest BCUT2D eigenvalue weighted by molar-refractivity contribution is 5.74. The molecule has 0 unspecified atom stereocenters. The van der Waals surface area contributed by atoms with E-state index in [0.717, 1.165) is 23.7 Å². The van der Waals surface area contributed by atoms with Crippen molar-refractivity contribution in [2.24, 2.45) is 0 Å². The van der Waals surface area contributed by atoms with Crippen LogP contribution >= 0.6 is 0 Å². The molecule has 4 N–H and O–H groups in total. The van der Waals surface area contributed by atoms with Gasteiger partial charge in [0.1, 0.15) is 5.75 Å². The van der Waals surface area contributed by atoms with Gasteiger partial charge in [-0.05, 0) is 37.3 Å². The molecule has 0 atom stereocenters. The summed E-state index contributed by atoms with van der Waals surface area (Å²) in [5.74, 6) is 0.833. The second-order valence-corrected chi connectivity index (χ2v) is 4.26. The van der Waals surface area contributed by atoms with Crippen molar-refractivity contribution in [1.29, 1.82) is 0 Å². The van der Waals surface area contributed by atoms with Crippen LogP contribution in [0.2, 0.25) is 0 Å². The monoisotopic (exact) mass is 257 g/mol. The zero-order chi connectivity index (χ0) is 13.8. The molecule has 2 rings (SSSR count). The van der Waals surface area contributed by atoms with Crippen molar-refractivity contribution in [2.45, 2.75) is 6.92 Å². The lowest BCUT2D eigenvalue weighted by Crippen LogP contribution is -2.16. The molecule has 0 aliphatic carbocycles. The minimum absolute atomic E-state index is 0.596. The molecule has 0 aliphatic heterocycles. The first-order valence-electron chi connectivity index (χ1n) is 6.22. The Morgan fingerprint density at radius 3 is 2.37 bits per heavy atom. The smallest absolute Gasteiger partial charge is 0.120 e. The van der Waals surface area contributed by atoms with Crippen molar-refractivity contribution in [3.63, 3.8) is 0 Å². The van der Waals surface area contributed by atoms with Gasteiger partial charge in [-0.2, -0.15) is 0 Å². The molecular weight excluding hydrogens is 238 g/mol. The molecule has 2 aromatic carbocycles. The number of methoxy groups -OCH3 is 1. The number of nitrogen functional groups attached to an aromatic ring is 2. The Balaban J connectivity index is 2.40. The Kier molecular flexibility index (Phi) is 3.80. The second-order valence-electron chi connectivity index (χ2n) is 4.26. The van der Waals surface area contributed by atoms with Crippen LogP contribution in [0, 0.1) is 0 Å². The lowest BCUT2D eigenvalue weighted by Gasteiger charge is -2.24. The fraction of sp³-hybridized carbons (Fsp3) is 0.200. The molecule has 0 heterocycles. The zero-order valence-electron chi connectivity index (χ0n) is 11.3. The van der Waals surface area contributed by atoms with E-state index < -0.39 is 0 Å². The predicted octanol–water partition coefficient (Wildman–Crippen LogP) is 3.02. The van der Waals surface area contributed by atoms with Crippen molar-refractivity contribution in [2.75, 3.05) is 30.0 Å². The Labute approximate surface area is 113 Å². The molecular formula is C15H19N3O. The average Bonchev–Trinajstić information content (AvgIpc) is 2.44. The SMILES string of the molecule is CCN(c1cccc(OC)c1)c1ccc(N)c(N)c1. The van der Waals surface area contributed by atoms with Gasteiger partial charge >= 0.3 is 0 Å². The number of hydrogen-bond acceptors (Lipinski definition) is 4. The van der Waals surface area contributed by atoms with Crippen molar-refractivity contribution in [1.82, 2.24) is 0 Å². The quantitative estimate of drug-likeness (QED) is 0.826. The van der Waals surface area contributed by atoms with Gasteiger partial charge in [0.25, 0.3) is 0 Å². The number of nitrogens with two attached hydrogens (primary N) is 2. The van der Waals surface area contributed by atoms with Crippen LogP contribution in [-0.2, 0) is 0 Å². The van der Waals surface area contributed by atoms with Crippen molar-refractivity contribution in [3.8, 4) is 5.75 Å². The summed E-state index contributed by atoms with van der Waals surface area (Å²) >= 11 is 0. The van der Waals surface area contributed by atoms with Gasteiger partial charge < -0.3 is 21.1 Å². The second kappa shape index (κ2) is 5.52. The van der Waals surface area contributed by atoms with E-state index in [0.29, 0.717) is 11.4 Å². The molecule has 0 amide bonds. The third-order valence-corrected chi connectivity index (χ3v) is 3.06. The number of benzene rings is 2. The summed E-state index contributed by atoms with van der Waals surface area (Å²) in [5.41, 5.74) is 14.9. The normalized spacial score (nSPS) is 10.2. The van der Waals surface area contributed by atoms with E-state index in [1.807, 2.05) is 42.5 Å². The van der Waals surface area contributed by atoms with Crippen molar-refractivity contribution >= 4 is 22.7 Å². The molecule has 0 saturated carbocycles. The number of ether oxygens (including phenoxy) is 1. The van der Waals surface area contributed by atoms with Gasteiger partial charge in [0, 0.05) is 24.0 Å². The fourth-order valence-electron chi connectivity index (χ4n) is 2.02. The third kappa shape index (κ3) is 2.73. The summed E-state index contributed by atoms with van der Waals surface area (Å²) in [7, 11) is 1.66. The molecule has 0 fully saturated rings. The number of nitrogens with zero attached hydrogens (tertiary/aromatic N) is 1. The summed E-state index contributed by atoms with van der Waals surface area (Å²) < 4.78 is 5.26. The highest BCUT2D eigenvalue weighted by atomic mass is 16.5. The van der Waals surface area contributed by atoms with Crippen LogP contribution in [0.3, 0.4) is 0 Å². The molecule has 0 saturated heterocycles. The van der Waals surface area contributed by atoms with Gasteiger partial charge in [0.2, 0.25) is 0 Å². The van der Waals surface area contributed by atoms with E-state index in [2.05, 4.69) is 11.8 Å².